The Labute approximate surface area is 162 Å². The standard InChI is InChI=1S/C19H30N4O3S/c1-15(2)19(24)21-16-7-6-10-22(14-16)18-9-8-17(13-20-18)27(25,26)23-11-4-3-5-12-23/h8-9,13,15-16H,3-7,10-12,14H2,1-2H3,(H,21,24). The summed E-state index contributed by atoms with van der Waals surface area (Å²) in [7, 11) is -3.45. The van der Waals surface area contributed by atoms with Gasteiger partial charge in [0.2, 0.25) is 15.9 Å². The van der Waals surface area contributed by atoms with E-state index in [0.29, 0.717) is 19.6 Å². The summed E-state index contributed by atoms with van der Waals surface area (Å²) in [6, 6.07) is 3.54. The first-order chi connectivity index (χ1) is 12.9. The second-order valence-corrected chi connectivity index (χ2v) is 9.70. The monoisotopic (exact) mass is 394 g/mol. The first kappa shape index (κ1) is 20.1. The average Bonchev–Trinajstić information content (AvgIpc) is 2.69. The molecule has 150 valence electrons. The fourth-order valence-electron chi connectivity index (χ4n) is 3.64. The molecule has 0 aromatic carbocycles. The van der Waals surface area contributed by atoms with Crippen molar-refractivity contribution < 1.29 is 13.2 Å². The summed E-state index contributed by atoms with van der Waals surface area (Å²) < 4.78 is 27.0. The highest BCUT2D eigenvalue weighted by molar-refractivity contribution is 7.89. The van der Waals surface area contributed by atoms with Crippen molar-refractivity contribution in [1.29, 1.82) is 0 Å². The zero-order chi connectivity index (χ0) is 19.4. The third-order valence-electron chi connectivity index (χ3n) is 5.29. The minimum absolute atomic E-state index is 0.0298. The SMILES string of the molecule is CC(C)C(=O)NC1CCCN(c2ccc(S(=O)(=O)N3CCCCC3)cn2)C1. The zero-order valence-electron chi connectivity index (χ0n) is 16.2. The van der Waals surface area contributed by atoms with Crippen LogP contribution in [0.15, 0.2) is 23.2 Å². The van der Waals surface area contributed by atoms with E-state index in [1.165, 1.54) is 6.20 Å². The van der Waals surface area contributed by atoms with Crippen LogP contribution in [0.25, 0.3) is 0 Å². The number of amides is 1. The Morgan fingerprint density at radius 1 is 1.15 bits per heavy atom. The van der Waals surface area contributed by atoms with Gasteiger partial charge in [-0.25, -0.2) is 13.4 Å². The third-order valence-corrected chi connectivity index (χ3v) is 7.17. The lowest BCUT2D eigenvalue weighted by Gasteiger charge is -2.34. The molecule has 1 aromatic heterocycles. The fraction of sp³-hybridized carbons (Fsp3) is 0.684. The van der Waals surface area contributed by atoms with Crippen LogP contribution in [0.5, 0.6) is 0 Å². The number of carbonyl (C=O) groups excluding carboxylic acids is 1. The summed E-state index contributed by atoms with van der Waals surface area (Å²) in [5.41, 5.74) is 0. The summed E-state index contributed by atoms with van der Waals surface area (Å²) in [5.74, 6) is 0.798. The van der Waals surface area contributed by atoms with Gasteiger partial charge in [-0.3, -0.25) is 4.79 Å². The fourth-order valence-corrected chi connectivity index (χ4v) is 5.10. The normalized spacial score (nSPS) is 22.0. The van der Waals surface area contributed by atoms with E-state index in [2.05, 4.69) is 15.2 Å². The van der Waals surface area contributed by atoms with Gasteiger partial charge in [0.1, 0.15) is 10.7 Å². The van der Waals surface area contributed by atoms with Crippen LogP contribution < -0.4 is 10.2 Å². The number of nitrogens with zero attached hydrogens (tertiary/aromatic N) is 3. The minimum Gasteiger partial charge on any atom is -0.355 e. The molecule has 1 unspecified atom stereocenters. The summed E-state index contributed by atoms with van der Waals surface area (Å²) in [4.78, 5) is 18.7. The van der Waals surface area contributed by atoms with Gasteiger partial charge in [0.05, 0.1) is 0 Å². The van der Waals surface area contributed by atoms with Crippen LogP contribution in [0.4, 0.5) is 5.82 Å². The van der Waals surface area contributed by atoms with E-state index in [1.807, 2.05) is 13.8 Å². The van der Waals surface area contributed by atoms with Crippen LogP contribution in [0.2, 0.25) is 0 Å². The number of carbonyl (C=O) groups is 1. The van der Waals surface area contributed by atoms with Crippen LogP contribution in [0.3, 0.4) is 0 Å². The summed E-state index contributed by atoms with van der Waals surface area (Å²) >= 11 is 0. The topological polar surface area (TPSA) is 82.6 Å². The third kappa shape index (κ3) is 4.79. The lowest BCUT2D eigenvalue weighted by molar-refractivity contribution is -0.124. The Balaban J connectivity index is 1.67. The number of hydrogen-bond acceptors (Lipinski definition) is 5. The van der Waals surface area contributed by atoms with Crippen molar-refractivity contribution in [2.24, 2.45) is 5.92 Å². The Kier molecular flexibility index (Phi) is 6.37. The molecule has 0 bridgehead atoms. The first-order valence-electron chi connectivity index (χ1n) is 9.89. The van der Waals surface area contributed by atoms with Crippen molar-refractivity contribution in [3.05, 3.63) is 18.3 Å². The van der Waals surface area contributed by atoms with E-state index in [4.69, 9.17) is 0 Å². The molecule has 3 rings (SSSR count). The molecule has 0 saturated carbocycles. The number of piperidine rings is 2. The molecule has 3 heterocycles. The Bertz CT molecular complexity index is 743. The molecule has 0 spiro atoms. The Hall–Kier alpha value is -1.67. The van der Waals surface area contributed by atoms with Crippen LogP contribution in [0.1, 0.15) is 46.0 Å². The largest absolute Gasteiger partial charge is 0.355 e. The molecule has 27 heavy (non-hydrogen) atoms. The molecule has 7 nitrogen and oxygen atoms in total. The predicted octanol–water partition coefficient (Wildman–Crippen LogP) is 2.00. The average molecular weight is 395 g/mol. The molecule has 8 heteroatoms. The van der Waals surface area contributed by atoms with Gasteiger partial charge in [-0.05, 0) is 37.8 Å². The number of sulfonamides is 1. The number of pyridine rings is 1. The summed E-state index contributed by atoms with van der Waals surface area (Å²) in [6.45, 7) is 6.52. The molecule has 0 aliphatic carbocycles. The molecular weight excluding hydrogens is 364 g/mol. The van der Waals surface area contributed by atoms with Gasteiger partial charge >= 0.3 is 0 Å². The van der Waals surface area contributed by atoms with Gasteiger partial charge in [-0.2, -0.15) is 4.31 Å². The number of nitrogens with one attached hydrogen (secondary N) is 1. The molecular formula is C19H30N4O3S. The van der Waals surface area contributed by atoms with Crippen LogP contribution >= 0.6 is 0 Å². The van der Waals surface area contributed by atoms with Gasteiger partial charge in [-0.15, -0.1) is 0 Å². The number of anilines is 1. The highest BCUT2D eigenvalue weighted by Crippen LogP contribution is 2.23. The maximum atomic E-state index is 12.7. The lowest BCUT2D eigenvalue weighted by atomic mass is 10.0. The summed E-state index contributed by atoms with van der Waals surface area (Å²) in [5, 5.41) is 3.09. The molecule has 1 atom stereocenters. The van der Waals surface area contributed by atoms with Crippen LogP contribution in [-0.4, -0.2) is 55.8 Å². The molecule has 1 amide bonds. The molecule has 2 fully saturated rings. The molecule has 2 aliphatic rings. The van der Waals surface area contributed by atoms with Gasteiger partial charge in [0.25, 0.3) is 0 Å². The van der Waals surface area contributed by atoms with Gasteiger partial charge in [0.15, 0.2) is 0 Å². The number of hydrogen-bond donors (Lipinski definition) is 1. The predicted molar refractivity (Wildman–Crippen MR) is 105 cm³/mol. The maximum absolute atomic E-state index is 12.7. The Morgan fingerprint density at radius 2 is 1.89 bits per heavy atom. The second kappa shape index (κ2) is 8.56. The van der Waals surface area contributed by atoms with Crippen molar-refractivity contribution in [3.63, 3.8) is 0 Å². The smallest absolute Gasteiger partial charge is 0.244 e. The van der Waals surface area contributed by atoms with E-state index in [0.717, 1.165) is 44.5 Å². The van der Waals surface area contributed by atoms with E-state index < -0.39 is 10.0 Å². The van der Waals surface area contributed by atoms with Gasteiger partial charge in [-0.1, -0.05) is 20.3 Å². The number of rotatable bonds is 5. The van der Waals surface area contributed by atoms with E-state index in [1.54, 1.807) is 16.4 Å². The lowest BCUT2D eigenvalue weighted by Crippen LogP contribution is -2.49. The molecule has 0 radical (unpaired) electrons. The van der Waals surface area contributed by atoms with Crippen molar-refractivity contribution in [3.8, 4) is 0 Å². The van der Waals surface area contributed by atoms with Crippen molar-refractivity contribution >= 4 is 21.7 Å². The molecule has 2 saturated heterocycles. The number of aromatic nitrogens is 1. The highest BCUT2D eigenvalue weighted by Gasteiger charge is 2.27. The highest BCUT2D eigenvalue weighted by atomic mass is 32.2. The second-order valence-electron chi connectivity index (χ2n) is 7.77. The van der Waals surface area contributed by atoms with Crippen LogP contribution in [0, 0.1) is 5.92 Å². The van der Waals surface area contributed by atoms with Crippen molar-refractivity contribution in [1.82, 2.24) is 14.6 Å². The minimum atomic E-state index is -3.45. The van der Waals surface area contributed by atoms with E-state index in [-0.39, 0.29) is 22.8 Å². The van der Waals surface area contributed by atoms with Gasteiger partial charge in [0, 0.05) is 44.3 Å². The summed E-state index contributed by atoms with van der Waals surface area (Å²) in [6.07, 6.45) is 6.32. The molecule has 2 aliphatic heterocycles. The van der Waals surface area contributed by atoms with Crippen molar-refractivity contribution in [2.75, 3.05) is 31.1 Å². The Morgan fingerprint density at radius 3 is 2.52 bits per heavy atom. The van der Waals surface area contributed by atoms with Gasteiger partial charge < -0.3 is 10.2 Å². The molecule has 1 aromatic rings. The van der Waals surface area contributed by atoms with Crippen LogP contribution in [-0.2, 0) is 14.8 Å². The zero-order valence-corrected chi connectivity index (χ0v) is 17.0. The van der Waals surface area contributed by atoms with E-state index >= 15 is 0 Å². The van der Waals surface area contributed by atoms with E-state index in [9.17, 15) is 13.2 Å². The van der Waals surface area contributed by atoms with Crippen molar-refractivity contribution in [2.45, 2.75) is 56.9 Å². The quantitative estimate of drug-likeness (QED) is 0.826. The maximum Gasteiger partial charge on any atom is 0.244 e. The first-order valence-corrected chi connectivity index (χ1v) is 11.3. The molecule has 1 N–H and O–H groups in total.